The van der Waals surface area contributed by atoms with Crippen molar-refractivity contribution in [2.24, 2.45) is 0 Å². The summed E-state index contributed by atoms with van der Waals surface area (Å²) in [4.78, 5) is 17.9. The highest BCUT2D eigenvalue weighted by molar-refractivity contribution is 5.98. The highest BCUT2D eigenvalue weighted by Gasteiger charge is 2.25. The Bertz CT molecular complexity index is 1100. The van der Waals surface area contributed by atoms with E-state index in [2.05, 4.69) is 19.7 Å². The van der Waals surface area contributed by atoms with E-state index in [1.807, 2.05) is 65.7 Å². The van der Waals surface area contributed by atoms with Crippen molar-refractivity contribution in [3.05, 3.63) is 72.2 Å². The average Bonchev–Trinajstić information content (AvgIpc) is 3.33. The number of rotatable bonds is 2. The van der Waals surface area contributed by atoms with Crippen molar-refractivity contribution in [1.82, 2.24) is 24.6 Å². The molecule has 6 nitrogen and oxygen atoms in total. The van der Waals surface area contributed by atoms with Gasteiger partial charge < -0.3 is 14.5 Å². The van der Waals surface area contributed by atoms with E-state index in [4.69, 9.17) is 0 Å². The summed E-state index contributed by atoms with van der Waals surface area (Å²) in [7, 11) is 0. The van der Waals surface area contributed by atoms with Crippen molar-refractivity contribution in [3.63, 3.8) is 0 Å². The van der Waals surface area contributed by atoms with Crippen LogP contribution in [0, 0.1) is 0 Å². The minimum absolute atomic E-state index is 0.0311. The lowest BCUT2D eigenvalue weighted by molar-refractivity contribution is 0.0708. The number of amides is 1. The van der Waals surface area contributed by atoms with Gasteiger partial charge in [0.25, 0.3) is 5.91 Å². The summed E-state index contributed by atoms with van der Waals surface area (Å²) in [6, 6.07) is 17.8. The number of aromatic amines is 1. The Morgan fingerprint density at radius 1 is 1.00 bits per heavy atom. The number of aromatic nitrogens is 4. The van der Waals surface area contributed by atoms with E-state index in [9.17, 15) is 4.79 Å². The summed E-state index contributed by atoms with van der Waals surface area (Å²) >= 11 is 0. The van der Waals surface area contributed by atoms with Crippen LogP contribution in [-0.4, -0.2) is 37.1 Å². The molecule has 3 heterocycles. The van der Waals surface area contributed by atoms with Gasteiger partial charge in [-0.3, -0.25) is 4.79 Å². The first-order valence-corrected chi connectivity index (χ1v) is 8.63. The molecule has 1 aliphatic rings. The summed E-state index contributed by atoms with van der Waals surface area (Å²) in [6.45, 7) is 1.82. The number of nitrogens with one attached hydrogen (secondary N) is 1. The summed E-state index contributed by atoms with van der Waals surface area (Å²) in [5, 5.41) is 9.70. The van der Waals surface area contributed by atoms with E-state index in [0.717, 1.165) is 28.1 Å². The van der Waals surface area contributed by atoms with Crippen LogP contribution < -0.4 is 0 Å². The zero-order valence-electron chi connectivity index (χ0n) is 14.1. The van der Waals surface area contributed by atoms with Crippen molar-refractivity contribution in [2.45, 2.75) is 13.1 Å². The number of nitrogens with zero attached hydrogens (tertiary/aromatic N) is 4. The molecule has 6 heteroatoms. The van der Waals surface area contributed by atoms with E-state index in [1.54, 1.807) is 0 Å². The number of hydrogen-bond donors (Lipinski definition) is 1. The van der Waals surface area contributed by atoms with Crippen molar-refractivity contribution in [1.29, 1.82) is 0 Å². The molecule has 0 saturated carbocycles. The summed E-state index contributed by atoms with van der Waals surface area (Å²) in [6.07, 6.45) is 1.88. The molecule has 5 rings (SSSR count). The van der Waals surface area contributed by atoms with Gasteiger partial charge in [0, 0.05) is 41.3 Å². The third-order valence-corrected chi connectivity index (χ3v) is 4.87. The highest BCUT2D eigenvalue weighted by atomic mass is 16.2. The van der Waals surface area contributed by atoms with Crippen molar-refractivity contribution < 1.29 is 4.79 Å². The summed E-state index contributed by atoms with van der Waals surface area (Å²) in [5.41, 5.74) is 2.78. The second-order valence-corrected chi connectivity index (χ2v) is 6.46. The largest absolute Gasteiger partial charge is 0.361 e. The molecule has 0 atom stereocenters. The van der Waals surface area contributed by atoms with Crippen LogP contribution in [0.5, 0.6) is 0 Å². The number of fused-ring (bicyclic) bond motifs is 2. The van der Waals surface area contributed by atoms with E-state index < -0.39 is 0 Å². The molecule has 1 aliphatic heterocycles. The maximum Gasteiger partial charge on any atom is 0.254 e. The second kappa shape index (κ2) is 5.84. The Morgan fingerprint density at radius 3 is 2.77 bits per heavy atom. The maximum atomic E-state index is 12.9. The van der Waals surface area contributed by atoms with E-state index >= 15 is 0 Å². The van der Waals surface area contributed by atoms with Crippen LogP contribution >= 0.6 is 0 Å². The normalized spacial score (nSPS) is 13.8. The Kier molecular flexibility index (Phi) is 3.35. The lowest BCUT2D eigenvalue weighted by Crippen LogP contribution is -2.38. The first-order chi connectivity index (χ1) is 12.8. The molecular weight excluding hydrogens is 326 g/mol. The topological polar surface area (TPSA) is 66.8 Å². The highest BCUT2D eigenvalue weighted by Crippen LogP contribution is 2.23. The third kappa shape index (κ3) is 2.38. The molecule has 1 N–H and O–H groups in total. The first-order valence-electron chi connectivity index (χ1n) is 8.63. The maximum absolute atomic E-state index is 12.9. The molecule has 2 aromatic carbocycles. The quantitative estimate of drug-likeness (QED) is 0.608. The molecule has 0 saturated heterocycles. The Morgan fingerprint density at radius 2 is 1.88 bits per heavy atom. The summed E-state index contributed by atoms with van der Waals surface area (Å²) in [5.74, 6) is 1.72. The van der Waals surface area contributed by atoms with Gasteiger partial charge in [-0.25, -0.2) is 0 Å². The molecule has 0 bridgehead atoms. The van der Waals surface area contributed by atoms with Gasteiger partial charge in [-0.05, 0) is 24.3 Å². The smallest absolute Gasteiger partial charge is 0.254 e. The van der Waals surface area contributed by atoms with Gasteiger partial charge in [0.05, 0.1) is 6.54 Å². The Balaban J connectivity index is 1.42. The first kappa shape index (κ1) is 14.9. The molecule has 1 amide bonds. The van der Waals surface area contributed by atoms with E-state index in [0.29, 0.717) is 25.2 Å². The molecule has 0 radical (unpaired) electrons. The molecular formula is C20H17N5O. The SMILES string of the molecule is O=C(c1ccc2[nH]ccc2c1)N1CCn2c(nnc2-c2ccccc2)C1. The number of hydrogen-bond acceptors (Lipinski definition) is 3. The molecule has 0 spiro atoms. The van der Waals surface area contributed by atoms with Crippen LogP contribution in [0.4, 0.5) is 0 Å². The fraction of sp³-hybridized carbons (Fsp3) is 0.150. The predicted octanol–water partition coefficient (Wildman–Crippen LogP) is 3.08. The van der Waals surface area contributed by atoms with Crippen LogP contribution in [0.3, 0.4) is 0 Å². The zero-order valence-corrected chi connectivity index (χ0v) is 14.1. The van der Waals surface area contributed by atoms with E-state index in [-0.39, 0.29) is 5.91 Å². The number of carbonyl (C=O) groups is 1. The average molecular weight is 343 g/mol. The molecule has 2 aromatic heterocycles. The molecule has 128 valence electrons. The van der Waals surface area contributed by atoms with Crippen molar-refractivity contribution in [2.75, 3.05) is 6.54 Å². The van der Waals surface area contributed by atoms with Gasteiger partial charge in [-0.15, -0.1) is 10.2 Å². The molecule has 26 heavy (non-hydrogen) atoms. The van der Waals surface area contributed by atoms with Gasteiger partial charge >= 0.3 is 0 Å². The fourth-order valence-corrected chi connectivity index (χ4v) is 3.50. The van der Waals surface area contributed by atoms with Crippen LogP contribution in [0.2, 0.25) is 0 Å². The van der Waals surface area contributed by atoms with Crippen LogP contribution in [0.25, 0.3) is 22.3 Å². The van der Waals surface area contributed by atoms with Crippen molar-refractivity contribution >= 4 is 16.8 Å². The van der Waals surface area contributed by atoms with Gasteiger partial charge in [-0.2, -0.15) is 0 Å². The van der Waals surface area contributed by atoms with Gasteiger partial charge in [-0.1, -0.05) is 30.3 Å². The van der Waals surface area contributed by atoms with Crippen LogP contribution in [0.1, 0.15) is 16.2 Å². The molecule has 0 unspecified atom stereocenters. The lowest BCUT2D eigenvalue weighted by atomic mass is 10.1. The fourth-order valence-electron chi connectivity index (χ4n) is 3.50. The lowest BCUT2D eigenvalue weighted by Gasteiger charge is -2.28. The third-order valence-electron chi connectivity index (χ3n) is 4.87. The molecule has 0 fully saturated rings. The molecule has 4 aromatic rings. The number of H-pyrrole nitrogens is 1. The number of benzene rings is 2. The minimum Gasteiger partial charge on any atom is -0.361 e. The van der Waals surface area contributed by atoms with Gasteiger partial charge in [0.1, 0.15) is 0 Å². The summed E-state index contributed by atoms with van der Waals surface area (Å²) < 4.78 is 2.11. The predicted molar refractivity (Wildman–Crippen MR) is 98.5 cm³/mol. The monoisotopic (exact) mass is 343 g/mol. The van der Waals surface area contributed by atoms with Crippen LogP contribution in [0.15, 0.2) is 60.8 Å². The van der Waals surface area contributed by atoms with Gasteiger partial charge in [0.15, 0.2) is 11.6 Å². The molecule has 0 aliphatic carbocycles. The second-order valence-electron chi connectivity index (χ2n) is 6.46. The van der Waals surface area contributed by atoms with Crippen molar-refractivity contribution in [3.8, 4) is 11.4 Å². The van der Waals surface area contributed by atoms with Crippen LogP contribution in [-0.2, 0) is 13.1 Å². The van der Waals surface area contributed by atoms with E-state index in [1.165, 1.54) is 0 Å². The Labute approximate surface area is 150 Å². The Hall–Kier alpha value is -3.41. The standard InChI is InChI=1S/C20H17N5O/c26-20(16-6-7-17-15(12-16)8-9-21-17)24-10-11-25-18(13-24)22-23-19(25)14-4-2-1-3-5-14/h1-9,12,21H,10-11,13H2. The minimum atomic E-state index is 0.0311. The van der Waals surface area contributed by atoms with Gasteiger partial charge in [0.2, 0.25) is 0 Å². The zero-order chi connectivity index (χ0) is 17.5. The number of carbonyl (C=O) groups excluding carboxylic acids is 1.